The van der Waals surface area contributed by atoms with Gasteiger partial charge in [-0.3, -0.25) is 10.1 Å². The van der Waals surface area contributed by atoms with Crippen molar-refractivity contribution in [3.63, 3.8) is 0 Å². The first-order valence-corrected chi connectivity index (χ1v) is 9.32. The van der Waals surface area contributed by atoms with E-state index in [-0.39, 0.29) is 18.7 Å². The van der Waals surface area contributed by atoms with Crippen LogP contribution in [0.5, 0.6) is 5.75 Å². The number of para-hydroxylation sites is 2. The van der Waals surface area contributed by atoms with E-state index in [0.29, 0.717) is 22.8 Å². The summed E-state index contributed by atoms with van der Waals surface area (Å²) in [5, 5.41) is 3.59. The third kappa shape index (κ3) is 3.47. The van der Waals surface area contributed by atoms with Crippen LogP contribution < -0.4 is 15.7 Å². The fraction of sp³-hybridized carbons (Fsp3) is 0.227. The Morgan fingerprint density at radius 1 is 1.17 bits per heavy atom. The summed E-state index contributed by atoms with van der Waals surface area (Å²) < 4.78 is 10.8. The number of aromatic nitrogens is 2. The third-order valence-corrected chi connectivity index (χ3v) is 5.12. The average Bonchev–Trinajstić information content (AvgIpc) is 3.11. The molecule has 2 N–H and O–H groups in total. The molecule has 0 aliphatic carbocycles. The molecule has 4 rings (SSSR count). The SMILES string of the molecule is COc1ccc2c(C)c(CCC(=O)Nc3nc4ccccc4[nH]3)c(=O)oc2c1C. The molecular weight excluding hydrogens is 370 g/mol. The number of methoxy groups -OCH3 is 1. The number of nitrogens with zero attached hydrogens (tertiary/aromatic N) is 1. The van der Waals surface area contributed by atoms with Gasteiger partial charge < -0.3 is 14.1 Å². The minimum Gasteiger partial charge on any atom is -0.496 e. The molecule has 0 bridgehead atoms. The van der Waals surface area contributed by atoms with Crippen LogP contribution in [0, 0.1) is 13.8 Å². The van der Waals surface area contributed by atoms with Gasteiger partial charge in [0.1, 0.15) is 11.3 Å². The van der Waals surface area contributed by atoms with Gasteiger partial charge in [0.15, 0.2) is 0 Å². The number of H-pyrrole nitrogens is 1. The fourth-order valence-corrected chi connectivity index (χ4v) is 3.53. The summed E-state index contributed by atoms with van der Waals surface area (Å²) in [7, 11) is 1.58. The number of nitrogens with one attached hydrogen (secondary N) is 2. The van der Waals surface area contributed by atoms with Gasteiger partial charge >= 0.3 is 5.63 Å². The molecule has 7 heteroatoms. The maximum atomic E-state index is 12.5. The van der Waals surface area contributed by atoms with Crippen LogP contribution in [0.4, 0.5) is 5.95 Å². The molecule has 0 fully saturated rings. The molecule has 148 valence electrons. The van der Waals surface area contributed by atoms with Gasteiger partial charge in [0.2, 0.25) is 11.9 Å². The van der Waals surface area contributed by atoms with Crippen molar-refractivity contribution >= 4 is 33.9 Å². The second-order valence-electron chi connectivity index (χ2n) is 6.91. The Bertz CT molecular complexity index is 1250. The van der Waals surface area contributed by atoms with Gasteiger partial charge in [-0.1, -0.05) is 12.1 Å². The Hall–Kier alpha value is -3.61. The number of amides is 1. The molecule has 29 heavy (non-hydrogen) atoms. The van der Waals surface area contributed by atoms with Crippen LogP contribution in [-0.2, 0) is 11.2 Å². The number of benzene rings is 2. The number of aromatic amines is 1. The molecule has 2 aromatic heterocycles. The molecule has 0 aliphatic rings. The van der Waals surface area contributed by atoms with Gasteiger partial charge in [-0.05, 0) is 50.1 Å². The number of carbonyl (C=O) groups is 1. The lowest BCUT2D eigenvalue weighted by Gasteiger charge is -2.11. The van der Waals surface area contributed by atoms with E-state index in [0.717, 1.165) is 27.5 Å². The van der Waals surface area contributed by atoms with Crippen molar-refractivity contribution in [2.24, 2.45) is 0 Å². The number of rotatable bonds is 5. The Balaban J connectivity index is 1.54. The highest BCUT2D eigenvalue weighted by atomic mass is 16.5. The van der Waals surface area contributed by atoms with Gasteiger partial charge in [-0.25, -0.2) is 9.78 Å². The van der Waals surface area contributed by atoms with E-state index in [2.05, 4.69) is 15.3 Å². The highest BCUT2D eigenvalue weighted by Gasteiger charge is 2.16. The van der Waals surface area contributed by atoms with E-state index in [1.54, 1.807) is 7.11 Å². The number of imidazole rings is 1. The largest absolute Gasteiger partial charge is 0.496 e. The lowest BCUT2D eigenvalue weighted by Crippen LogP contribution is -2.17. The number of hydrogen-bond donors (Lipinski definition) is 2. The summed E-state index contributed by atoms with van der Waals surface area (Å²) >= 11 is 0. The zero-order chi connectivity index (χ0) is 20.5. The lowest BCUT2D eigenvalue weighted by atomic mass is 10.0. The highest BCUT2D eigenvalue weighted by molar-refractivity contribution is 5.91. The molecule has 2 aromatic carbocycles. The normalized spacial score (nSPS) is 11.1. The minimum absolute atomic E-state index is 0.142. The predicted molar refractivity (Wildman–Crippen MR) is 112 cm³/mol. The second-order valence-corrected chi connectivity index (χ2v) is 6.91. The van der Waals surface area contributed by atoms with E-state index < -0.39 is 5.63 Å². The van der Waals surface area contributed by atoms with Crippen molar-refractivity contribution in [3.05, 3.63) is 63.5 Å². The molecule has 4 aromatic rings. The number of carbonyl (C=O) groups excluding carboxylic acids is 1. The Labute approximate surface area is 166 Å². The minimum atomic E-state index is -0.428. The first-order chi connectivity index (χ1) is 14.0. The quantitative estimate of drug-likeness (QED) is 0.504. The van der Waals surface area contributed by atoms with E-state index in [4.69, 9.17) is 9.15 Å². The Kier molecular flexibility index (Phi) is 4.80. The molecule has 0 atom stereocenters. The summed E-state index contributed by atoms with van der Waals surface area (Å²) in [5.41, 5.74) is 3.81. The monoisotopic (exact) mass is 391 g/mol. The first kappa shape index (κ1) is 18.7. The third-order valence-electron chi connectivity index (χ3n) is 5.12. The molecule has 1 amide bonds. The lowest BCUT2D eigenvalue weighted by molar-refractivity contribution is -0.116. The number of fused-ring (bicyclic) bond motifs is 2. The van der Waals surface area contributed by atoms with Crippen molar-refractivity contribution in [3.8, 4) is 5.75 Å². The van der Waals surface area contributed by atoms with Gasteiger partial charge in [-0.2, -0.15) is 0 Å². The van der Waals surface area contributed by atoms with Crippen LogP contribution in [0.2, 0.25) is 0 Å². The summed E-state index contributed by atoms with van der Waals surface area (Å²) in [4.78, 5) is 32.3. The molecule has 7 nitrogen and oxygen atoms in total. The molecule has 0 saturated heterocycles. The van der Waals surface area contributed by atoms with Crippen molar-refractivity contribution in [2.75, 3.05) is 12.4 Å². The van der Waals surface area contributed by atoms with Gasteiger partial charge in [0.25, 0.3) is 0 Å². The number of hydrogen-bond acceptors (Lipinski definition) is 5. The van der Waals surface area contributed by atoms with Gasteiger partial charge in [-0.15, -0.1) is 0 Å². The van der Waals surface area contributed by atoms with E-state index in [1.807, 2.05) is 50.2 Å². The van der Waals surface area contributed by atoms with Crippen LogP contribution in [0.3, 0.4) is 0 Å². The second kappa shape index (κ2) is 7.43. The Morgan fingerprint density at radius 2 is 1.97 bits per heavy atom. The molecule has 0 unspecified atom stereocenters. The van der Waals surface area contributed by atoms with Crippen molar-refractivity contribution in [2.45, 2.75) is 26.7 Å². The number of ether oxygens (including phenoxy) is 1. The average molecular weight is 391 g/mol. The highest BCUT2D eigenvalue weighted by Crippen LogP contribution is 2.29. The molecule has 0 radical (unpaired) electrons. The van der Waals surface area contributed by atoms with E-state index in [9.17, 15) is 9.59 Å². The topological polar surface area (TPSA) is 97.2 Å². The van der Waals surface area contributed by atoms with Crippen molar-refractivity contribution in [1.29, 1.82) is 0 Å². The predicted octanol–water partition coefficient (Wildman–Crippen LogP) is 3.87. The summed E-state index contributed by atoms with van der Waals surface area (Å²) in [5.74, 6) is 0.827. The summed E-state index contributed by atoms with van der Waals surface area (Å²) in [6, 6.07) is 11.2. The fourth-order valence-electron chi connectivity index (χ4n) is 3.53. The van der Waals surface area contributed by atoms with E-state index in [1.165, 1.54) is 0 Å². The number of aryl methyl sites for hydroxylation is 2. The molecular formula is C22H21N3O4. The molecule has 0 saturated carbocycles. The maximum absolute atomic E-state index is 12.5. The molecule has 2 heterocycles. The Morgan fingerprint density at radius 3 is 2.72 bits per heavy atom. The maximum Gasteiger partial charge on any atom is 0.339 e. The van der Waals surface area contributed by atoms with E-state index >= 15 is 0 Å². The summed E-state index contributed by atoms with van der Waals surface area (Å²) in [6.45, 7) is 3.72. The standard InChI is InChI=1S/C22H21N3O4/c1-12-14-8-10-18(28-3)13(2)20(14)29-21(27)15(12)9-11-19(26)25-22-23-16-6-4-5-7-17(16)24-22/h4-8,10H,9,11H2,1-3H3,(H2,23,24,25,26). The van der Waals surface area contributed by atoms with Crippen LogP contribution in [0.1, 0.15) is 23.1 Å². The number of anilines is 1. The van der Waals surface area contributed by atoms with Gasteiger partial charge in [0, 0.05) is 22.9 Å². The first-order valence-electron chi connectivity index (χ1n) is 9.32. The smallest absolute Gasteiger partial charge is 0.339 e. The van der Waals surface area contributed by atoms with Crippen LogP contribution in [0.15, 0.2) is 45.6 Å². The van der Waals surface area contributed by atoms with Crippen molar-refractivity contribution < 1.29 is 13.9 Å². The van der Waals surface area contributed by atoms with Gasteiger partial charge in [0.05, 0.1) is 18.1 Å². The molecule has 0 spiro atoms. The zero-order valence-electron chi connectivity index (χ0n) is 16.5. The molecule has 0 aliphatic heterocycles. The zero-order valence-corrected chi connectivity index (χ0v) is 16.5. The van der Waals surface area contributed by atoms with Crippen LogP contribution in [0.25, 0.3) is 22.0 Å². The van der Waals surface area contributed by atoms with Crippen LogP contribution >= 0.6 is 0 Å². The van der Waals surface area contributed by atoms with Crippen molar-refractivity contribution in [1.82, 2.24) is 9.97 Å². The summed E-state index contributed by atoms with van der Waals surface area (Å²) in [6.07, 6.45) is 0.421. The van der Waals surface area contributed by atoms with Crippen LogP contribution in [-0.4, -0.2) is 23.0 Å².